The van der Waals surface area contributed by atoms with E-state index in [0.717, 1.165) is 30.4 Å². The van der Waals surface area contributed by atoms with E-state index in [1.165, 1.54) is 6.07 Å². The van der Waals surface area contributed by atoms with Crippen molar-refractivity contribution in [1.82, 2.24) is 14.9 Å². The van der Waals surface area contributed by atoms with E-state index in [9.17, 15) is 22.8 Å². The van der Waals surface area contributed by atoms with E-state index in [1.807, 2.05) is 6.07 Å². The number of nitrogens with zero attached hydrogens (tertiary/aromatic N) is 5. The highest BCUT2D eigenvalue weighted by Gasteiger charge is 2.53. The Morgan fingerprint density at radius 1 is 1.19 bits per heavy atom. The SMILES string of the molecule is N#Cc1c(N)sc2c(F)ccc(-c3c(Cl)c4c5c(nc(OC[C@@]67CCCN6C[C@H](F)C7)nc5c3F)N(CC3(C(F)F)CC3)CCO4)c12. The smallest absolute Gasteiger partial charge is 0.319 e. The molecule has 3 fully saturated rings. The largest absolute Gasteiger partial charge is 0.489 e. The molecule has 0 amide bonds. The predicted molar refractivity (Wildman–Crippen MR) is 168 cm³/mol. The summed E-state index contributed by atoms with van der Waals surface area (Å²) >= 11 is 7.78. The lowest BCUT2D eigenvalue weighted by molar-refractivity contribution is 0.0648. The number of hydrogen-bond donors (Lipinski definition) is 1. The number of ether oxygens (including phenoxy) is 2. The number of fused-ring (bicyclic) bond motifs is 2. The van der Waals surface area contributed by atoms with Crippen molar-refractivity contribution in [1.29, 1.82) is 5.26 Å². The average Bonchev–Trinajstić information content (AvgIpc) is 3.54. The topological polar surface area (TPSA) is 101 Å². The van der Waals surface area contributed by atoms with Crippen LogP contribution in [0.25, 0.3) is 32.1 Å². The maximum atomic E-state index is 17.0. The number of rotatable bonds is 7. The van der Waals surface area contributed by atoms with Gasteiger partial charge in [0.15, 0.2) is 11.6 Å². The lowest BCUT2D eigenvalue weighted by atomic mass is 9.95. The van der Waals surface area contributed by atoms with E-state index in [2.05, 4.69) is 14.9 Å². The highest BCUT2D eigenvalue weighted by molar-refractivity contribution is 7.23. The third-order valence-electron chi connectivity index (χ3n) is 10.1. The van der Waals surface area contributed by atoms with Gasteiger partial charge in [-0.1, -0.05) is 17.7 Å². The van der Waals surface area contributed by atoms with Crippen molar-refractivity contribution in [2.75, 3.05) is 50.0 Å². The van der Waals surface area contributed by atoms with Crippen LogP contribution in [-0.4, -0.2) is 72.4 Å². The Labute approximate surface area is 274 Å². The lowest BCUT2D eigenvalue weighted by Gasteiger charge is -2.31. The number of nitrogens with two attached hydrogens (primary N) is 1. The zero-order valence-corrected chi connectivity index (χ0v) is 26.5. The number of halogens is 6. The molecule has 2 aromatic carbocycles. The van der Waals surface area contributed by atoms with Gasteiger partial charge in [0, 0.05) is 35.9 Å². The normalized spacial score (nSPS) is 23.3. The number of nitrogen functional groups attached to an aromatic ring is 1. The van der Waals surface area contributed by atoms with Gasteiger partial charge in [-0.05, 0) is 43.9 Å². The second-order valence-electron chi connectivity index (χ2n) is 12.9. The van der Waals surface area contributed by atoms with Crippen LogP contribution in [-0.2, 0) is 0 Å². The summed E-state index contributed by atoms with van der Waals surface area (Å²) in [5, 5.41) is 9.94. The van der Waals surface area contributed by atoms with E-state index in [0.29, 0.717) is 25.8 Å². The molecule has 4 aliphatic rings. The van der Waals surface area contributed by atoms with Crippen molar-refractivity contribution in [3.8, 4) is 29.0 Å². The maximum Gasteiger partial charge on any atom is 0.319 e. The Hall–Kier alpha value is -3.67. The zero-order valence-electron chi connectivity index (χ0n) is 24.9. The number of benzene rings is 2. The second-order valence-corrected chi connectivity index (χ2v) is 14.4. The molecule has 4 aromatic rings. The van der Waals surface area contributed by atoms with Crippen LogP contribution in [0.4, 0.5) is 32.8 Å². The van der Waals surface area contributed by atoms with Gasteiger partial charge < -0.3 is 20.1 Å². The Kier molecular flexibility index (Phi) is 7.13. The summed E-state index contributed by atoms with van der Waals surface area (Å²) in [6.07, 6.45) is -1.03. The molecule has 2 N–H and O–H groups in total. The first-order valence-electron chi connectivity index (χ1n) is 15.4. The predicted octanol–water partition coefficient (Wildman–Crippen LogP) is 7.10. The van der Waals surface area contributed by atoms with Crippen LogP contribution in [0.2, 0.25) is 5.02 Å². The molecule has 0 bridgehead atoms. The monoisotopic (exact) mass is 690 g/mol. The first kappa shape index (κ1) is 30.7. The molecular formula is C32H28ClF5N6O2S. The molecular weight excluding hydrogens is 663 g/mol. The van der Waals surface area contributed by atoms with E-state index in [1.54, 1.807) is 4.90 Å². The van der Waals surface area contributed by atoms with Gasteiger partial charge in [-0.25, -0.2) is 22.0 Å². The molecule has 8 nitrogen and oxygen atoms in total. The molecule has 0 radical (unpaired) electrons. The van der Waals surface area contributed by atoms with Gasteiger partial charge in [0.1, 0.15) is 47.6 Å². The summed E-state index contributed by atoms with van der Waals surface area (Å²) in [4.78, 5) is 12.8. The number of aromatic nitrogens is 2. The minimum Gasteiger partial charge on any atom is -0.489 e. The van der Waals surface area contributed by atoms with Crippen molar-refractivity contribution >= 4 is 54.7 Å². The summed E-state index contributed by atoms with van der Waals surface area (Å²) in [6.45, 7) is 1.19. The number of hydrogen-bond acceptors (Lipinski definition) is 9. The molecule has 15 heteroatoms. The third-order valence-corrected chi connectivity index (χ3v) is 11.5. The quantitative estimate of drug-likeness (QED) is 0.205. The molecule has 2 aromatic heterocycles. The Bertz CT molecular complexity index is 2000. The van der Waals surface area contributed by atoms with E-state index < -0.39 is 35.2 Å². The average molecular weight is 691 g/mol. The van der Waals surface area contributed by atoms with Gasteiger partial charge in [-0.15, -0.1) is 11.3 Å². The summed E-state index contributed by atoms with van der Waals surface area (Å²) in [5.41, 5.74) is 3.90. The fourth-order valence-electron chi connectivity index (χ4n) is 7.56. The van der Waals surface area contributed by atoms with Crippen molar-refractivity contribution in [3.63, 3.8) is 0 Å². The molecule has 0 spiro atoms. The van der Waals surface area contributed by atoms with Crippen LogP contribution in [0.15, 0.2) is 12.1 Å². The van der Waals surface area contributed by atoms with Gasteiger partial charge in [-0.3, -0.25) is 4.90 Å². The summed E-state index contributed by atoms with van der Waals surface area (Å²) in [5.74, 6) is -1.40. The van der Waals surface area contributed by atoms with E-state index in [-0.39, 0.29) is 98.0 Å². The molecule has 2 atom stereocenters. The zero-order chi connectivity index (χ0) is 32.8. The molecule has 2 saturated heterocycles. The number of thiophene rings is 1. The highest BCUT2D eigenvalue weighted by atomic mass is 35.5. The Balaban J connectivity index is 1.33. The van der Waals surface area contributed by atoms with Crippen LogP contribution in [0.1, 0.15) is 37.7 Å². The number of nitriles is 1. The standard InChI is InChI=1S/C32H28ClF5N6O2S/c33-22-20(16-2-3-18(35)26-19(16)17(11-39)27(40)47-26)23(36)24-21-25(22)45-9-8-43(13-31(5-6-31)29(37)38)28(21)42-30(41-24)46-14-32-4-1-7-44(32)12-15(34)10-32/h2-3,15,29H,1,4-10,12-14,40H2/t15-,32+/m1/s1. The molecule has 1 aliphatic carbocycles. The van der Waals surface area contributed by atoms with Gasteiger partial charge in [0.05, 0.1) is 32.8 Å². The molecule has 1 saturated carbocycles. The molecule has 3 aliphatic heterocycles. The van der Waals surface area contributed by atoms with Crippen LogP contribution in [0, 0.1) is 28.4 Å². The van der Waals surface area contributed by atoms with Crippen molar-refractivity contribution in [2.24, 2.45) is 5.41 Å². The van der Waals surface area contributed by atoms with E-state index in [4.69, 9.17) is 26.8 Å². The second kappa shape index (κ2) is 10.9. The maximum absolute atomic E-state index is 17.0. The van der Waals surface area contributed by atoms with Crippen LogP contribution in [0.5, 0.6) is 11.8 Å². The highest BCUT2D eigenvalue weighted by Crippen LogP contribution is 2.54. The van der Waals surface area contributed by atoms with Gasteiger partial charge >= 0.3 is 6.01 Å². The Morgan fingerprint density at radius 3 is 2.74 bits per heavy atom. The lowest BCUT2D eigenvalue weighted by Crippen LogP contribution is -2.43. The Morgan fingerprint density at radius 2 is 2.00 bits per heavy atom. The fraction of sp³-hybridized carbons (Fsp3) is 0.469. The summed E-state index contributed by atoms with van der Waals surface area (Å²) < 4.78 is 87.0. The molecule has 47 heavy (non-hydrogen) atoms. The fourth-order valence-corrected chi connectivity index (χ4v) is 8.84. The van der Waals surface area contributed by atoms with Gasteiger partial charge in [0.25, 0.3) is 0 Å². The third kappa shape index (κ3) is 4.68. The van der Waals surface area contributed by atoms with E-state index >= 15 is 4.39 Å². The first-order valence-corrected chi connectivity index (χ1v) is 16.6. The van der Waals surface area contributed by atoms with Crippen LogP contribution < -0.4 is 20.1 Å². The molecule has 5 heterocycles. The summed E-state index contributed by atoms with van der Waals surface area (Å²) in [7, 11) is 0. The van der Waals surface area contributed by atoms with Crippen molar-refractivity contribution < 1.29 is 31.4 Å². The molecule has 8 rings (SSSR count). The van der Waals surface area contributed by atoms with Gasteiger partial charge in [0.2, 0.25) is 6.43 Å². The molecule has 246 valence electrons. The van der Waals surface area contributed by atoms with Crippen molar-refractivity contribution in [3.05, 3.63) is 34.4 Å². The molecule has 0 unspecified atom stereocenters. The van der Waals surface area contributed by atoms with Crippen LogP contribution in [0.3, 0.4) is 0 Å². The van der Waals surface area contributed by atoms with Crippen LogP contribution >= 0.6 is 22.9 Å². The van der Waals surface area contributed by atoms with Gasteiger partial charge in [-0.2, -0.15) is 15.2 Å². The summed E-state index contributed by atoms with van der Waals surface area (Å²) in [6, 6.07) is 4.24. The number of alkyl halides is 3. The minimum absolute atomic E-state index is 0.00932. The minimum atomic E-state index is -2.57. The first-order chi connectivity index (χ1) is 22.6. The van der Waals surface area contributed by atoms with Crippen molar-refractivity contribution in [2.45, 2.75) is 50.2 Å². The number of anilines is 2.